The van der Waals surface area contributed by atoms with Gasteiger partial charge in [0.15, 0.2) is 0 Å². The van der Waals surface area contributed by atoms with Crippen molar-refractivity contribution in [3.05, 3.63) is 0 Å². The maximum atomic E-state index is 11.3. The number of rotatable bonds is 4. The van der Waals surface area contributed by atoms with E-state index >= 15 is 0 Å². The van der Waals surface area contributed by atoms with Crippen molar-refractivity contribution in [3.8, 4) is 0 Å². The Hall–Kier alpha value is -0.820. The Bertz CT molecular complexity index is 330. The number of aliphatic hydroxyl groups excluding tert-OH is 1. The van der Waals surface area contributed by atoms with Crippen LogP contribution in [0.15, 0.2) is 0 Å². The number of nitrogens with one attached hydrogen (secondary N) is 1. The van der Waals surface area contributed by atoms with Crippen molar-refractivity contribution in [2.24, 2.45) is 0 Å². The average Bonchev–Trinajstić information content (AvgIpc) is 1.96. The van der Waals surface area contributed by atoms with Gasteiger partial charge in [0.25, 0.3) is 0 Å². The van der Waals surface area contributed by atoms with Crippen molar-refractivity contribution in [1.29, 1.82) is 0 Å². The molecular weight excluding hydrogens is 234 g/mol. The molecule has 0 aliphatic carbocycles. The number of sulfone groups is 1. The first-order valence-corrected chi connectivity index (χ1v) is 6.87. The summed E-state index contributed by atoms with van der Waals surface area (Å²) in [4.78, 5) is 11.3. The third kappa shape index (κ3) is 8.49. The molecule has 6 nitrogen and oxygen atoms in total. The van der Waals surface area contributed by atoms with Crippen LogP contribution in [0.5, 0.6) is 0 Å². The first-order chi connectivity index (χ1) is 7.03. The summed E-state index contributed by atoms with van der Waals surface area (Å²) in [5.74, 6) is -0.317. The number of ether oxygens (including phenoxy) is 1. The second-order valence-electron chi connectivity index (χ2n) is 4.62. The summed E-state index contributed by atoms with van der Waals surface area (Å²) in [6, 6.07) is -0.843. The maximum absolute atomic E-state index is 11.3. The zero-order valence-corrected chi connectivity index (χ0v) is 10.8. The fourth-order valence-corrected chi connectivity index (χ4v) is 1.90. The Morgan fingerprint density at radius 1 is 1.44 bits per heavy atom. The minimum atomic E-state index is -3.26. The van der Waals surface area contributed by atoms with Gasteiger partial charge in [0.05, 0.1) is 18.4 Å². The Kier molecular flexibility index (Phi) is 5.21. The molecule has 0 aromatic rings. The van der Waals surface area contributed by atoms with Crippen LogP contribution in [0.2, 0.25) is 0 Å². The third-order valence-corrected chi connectivity index (χ3v) is 2.45. The molecule has 16 heavy (non-hydrogen) atoms. The summed E-state index contributed by atoms with van der Waals surface area (Å²) < 4.78 is 26.9. The highest BCUT2D eigenvalue weighted by molar-refractivity contribution is 7.90. The van der Waals surface area contributed by atoms with Crippen LogP contribution in [0.25, 0.3) is 0 Å². The molecule has 1 atom stereocenters. The Morgan fingerprint density at radius 3 is 2.25 bits per heavy atom. The molecular formula is C9H19NO5S. The van der Waals surface area contributed by atoms with E-state index in [0.29, 0.717) is 0 Å². The van der Waals surface area contributed by atoms with Gasteiger partial charge in [-0.2, -0.15) is 0 Å². The molecule has 7 heteroatoms. The molecule has 0 spiro atoms. The SMILES string of the molecule is CC(C)(C)OC(=O)NC(CO)CS(C)(=O)=O. The number of hydrogen-bond donors (Lipinski definition) is 2. The summed E-state index contributed by atoms with van der Waals surface area (Å²) in [5, 5.41) is 11.2. The quantitative estimate of drug-likeness (QED) is 0.731. The molecule has 0 heterocycles. The van der Waals surface area contributed by atoms with Crippen molar-refractivity contribution in [2.45, 2.75) is 32.4 Å². The van der Waals surface area contributed by atoms with Crippen molar-refractivity contribution in [1.82, 2.24) is 5.32 Å². The van der Waals surface area contributed by atoms with E-state index in [-0.39, 0.29) is 5.75 Å². The van der Waals surface area contributed by atoms with Crippen molar-refractivity contribution in [2.75, 3.05) is 18.6 Å². The molecule has 0 saturated carbocycles. The molecule has 0 rings (SSSR count). The lowest BCUT2D eigenvalue weighted by Gasteiger charge is -2.22. The van der Waals surface area contributed by atoms with Gasteiger partial charge < -0.3 is 15.2 Å². The summed E-state index contributed by atoms with van der Waals surface area (Å²) in [6.45, 7) is 4.62. The summed E-state index contributed by atoms with van der Waals surface area (Å²) >= 11 is 0. The van der Waals surface area contributed by atoms with E-state index in [9.17, 15) is 13.2 Å². The predicted octanol–water partition coefficient (Wildman–Crippen LogP) is -0.0834. The minimum absolute atomic E-state index is 0.317. The van der Waals surface area contributed by atoms with Crippen LogP contribution < -0.4 is 5.32 Å². The lowest BCUT2D eigenvalue weighted by molar-refractivity contribution is 0.0490. The first kappa shape index (κ1) is 15.2. The molecule has 0 aliphatic rings. The molecule has 0 aliphatic heterocycles. The Morgan fingerprint density at radius 2 is 1.94 bits per heavy atom. The van der Waals surface area contributed by atoms with Crippen molar-refractivity contribution in [3.63, 3.8) is 0 Å². The van der Waals surface area contributed by atoms with E-state index in [0.717, 1.165) is 6.26 Å². The van der Waals surface area contributed by atoms with E-state index in [1.54, 1.807) is 20.8 Å². The molecule has 2 N–H and O–H groups in total. The molecule has 0 saturated heterocycles. The van der Waals surface area contributed by atoms with Crippen LogP contribution in [0.1, 0.15) is 20.8 Å². The summed E-state index contributed by atoms with van der Waals surface area (Å²) in [5.41, 5.74) is -0.658. The smallest absolute Gasteiger partial charge is 0.407 e. The number of amides is 1. The molecule has 0 bridgehead atoms. The number of aliphatic hydroxyl groups is 1. The number of alkyl carbamates (subject to hydrolysis) is 1. The van der Waals surface area contributed by atoms with Crippen LogP contribution in [-0.2, 0) is 14.6 Å². The number of carbonyl (C=O) groups excluding carboxylic acids is 1. The molecule has 96 valence electrons. The fraction of sp³-hybridized carbons (Fsp3) is 0.889. The van der Waals surface area contributed by atoms with E-state index < -0.39 is 34.2 Å². The third-order valence-electron chi connectivity index (χ3n) is 1.45. The number of carbonyl (C=O) groups is 1. The molecule has 0 fully saturated rings. The topological polar surface area (TPSA) is 92.7 Å². The van der Waals surface area contributed by atoms with Gasteiger partial charge in [-0.25, -0.2) is 13.2 Å². The van der Waals surface area contributed by atoms with Gasteiger partial charge in [-0.15, -0.1) is 0 Å². The van der Waals surface area contributed by atoms with Crippen LogP contribution in [0.4, 0.5) is 4.79 Å². The van der Waals surface area contributed by atoms with E-state index in [4.69, 9.17) is 9.84 Å². The Balaban J connectivity index is 4.29. The van der Waals surface area contributed by atoms with Gasteiger partial charge in [0.1, 0.15) is 15.4 Å². The highest BCUT2D eigenvalue weighted by Crippen LogP contribution is 2.06. The standard InChI is InChI=1S/C9H19NO5S/c1-9(2,3)15-8(12)10-7(5-11)6-16(4,13)14/h7,11H,5-6H2,1-4H3,(H,10,12). The number of hydrogen-bond acceptors (Lipinski definition) is 5. The van der Waals surface area contributed by atoms with Gasteiger partial charge in [0, 0.05) is 6.26 Å². The second-order valence-corrected chi connectivity index (χ2v) is 6.80. The zero-order valence-electron chi connectivity index (χ0n) is 9.98. The largest absolute Gasteiger partial charge is 0.444 e. The van der Waals surface area contributed by atoms with Gasteiger partial charge in [-0.3, -0.25) is 0 Å². The lowest BCUT2D eigenvalue weighted by atomic mass is 10.2. The molecule has 0 aromatic carbocycles. The van der Waals surface area contributed by atoms with Gasteiger partial charge in [-0.1, -0.05) is 0 Å². The summed E-state index contributed by atoms with van der Waals surface area (Å²) in [6.07, 6.45) is 0.294. The lowest BCUT2D eigenvalue weighted by Crippen LogP contribution is -2.44. The van der Waals surface area contributed by atoms with Crippen LogP contribution >= 0.6 is 0 Å². The normalized spacial score (nSPS) is 14.3. The van der Waals surface area contributed by atoms with E-state index in [1.807, 2.05) is 0 Å². The Labute approximate surface area is 95.9 Å². The van der Waals surface area contributed by atoms with E-state index in [2.05, 4.69) is 5.32 Å². The van der Waals surface area contributed by atoms with Crippen LogP contribution in [-0.4, -0.2) is 49.9 Å². The average molecular weight is 253 g/mol. The highest BCUT2D eigenvalue weighted by atomic mass is 32.2. The highest BCUT2D eigenvalue weighted by Gasteiger charge is 2.21. The second kappa shape index (κ2) is 5.49. The van der Waals surface area contributed by atoms with Crippen molar-refractivity contribution >= 4 is 15.9 Å². The van der Waals surface area contributed by atoms with Gasteiger partial charge >= 0.3 is 6.09 Å². The molecule has 0 aromatic heterocycles. The zero-order chi connectivity index (χ0) is 13.0. The minimum Gasteiger partial charge on any atom is -0.444 e. The van der Waals surface area contributed by atoms with Crippen molar-refractivity contribution < 1.29 is 23.1 Å². The van der Waals surface area contributed by atoms with Crippen LogP contribution in [0.3, 0.4) is 0 Å². The first-order valence-electron chi connectivity index (χ1n) is 4.81. The molecule has 1 unspecified atom stereocenters. The predicted molar refractivity (Wildman–Crippen MR) is 60.0 cm³/mol. The monoisotopic (exact) mass is 253 g/mol. The molecule has 1 amide bonds. The van der Waals surface area contributed by atoms with E-state index in [1.165, 1.54) is 0 Å². The van der Waals surface area contributed by atoms with Gasteiger partial charge in [0.2, 0.25) is 0 Å². The molecule has 0 radical (unpaired) electrons. The van der Waals surface area contributed by atoms with Gasteiger partial charge in [-0.05, 0) is 20.8 Å². The maximum Gasteiger partial charge on any atom is 0.407 e. The fourth-order valence-electron chi connectivity index (χ4n) is 0.980. The van der Waals surface area contributed by atoms with Crippen LogP contribution in [0, 0.1) is 0 Å². The summed E-state index contributed by atoms with van der Waals surface area (Å²) in [7, 11) is -3.26.